The van der Waals surface area contributed by atoms with Crippen LogP contribution in [0.4, 0.5) is 0 Å². The minimum atomic E-state index is -1.23. The van der Waals surface area contributed by atoms with Crippen molar-refractivity contribution in [3.63, 3.8) is 0 Å². The Kier molecular flexibility index (Phi) is 30.0. The fourth-order valence-corrected chi connectivity index (χ4v) is 7.59. The predicted molar refractivity (Wildman–Crippen MR) is 239 cm³/mol. The second-order valence-corrected chi connectivity index (χ2v) is 17.2. The van der Waals surface area contributed by atoms with E-state index in [9.17, 15) is 43.5 Å². The quantitative estimate of drug-likeness (QED) is 0.0339. The van der Waals surface area contributed by atoms with Crippen LogP contribution in [-0.2, 0) is 52.6 Å². The second-order valence-electron chi connectivity index (χ2n) is 15.3. The predicted octanol–water partition coefficient (Wildman–Crippen LogP) is 1.96. The Balaban J connectivity index is 0. The molecule has 0 spiro atoms. The molecule has 362 valence electrons. The fraction of sp³-hybridized carbons (Fsp3) is 0.634. The van der Waals surface area contributed by atoms with E-state index in [1.54, 1.807) is 58.0 Å². The van der Waals surface area contributed by atoms with Gasteiger partial charge in [-0.05, 0) is 44.4 Å². The number of alkyl halides is 1. The zero-order valence-electron chi connectivity index (χ0n) is 38.3. The smallest absolute Gasteiger partial charge is 0.373 e. The summed E-state index contributed by atoms with van der Waals surface area (Å²) in [6.45, 7) is 10.8. The molecule has 7 atom stereocenters. The maximum Gasteiger partial charge on any atom is 0.373 e. The number of nitrogens with one attached hydrogen (secondary N) is 2. The lowest BCUT2D eigenvalue weighted by molar-refractivity contribution is -0.192. The van der Waals surface area contributed by atoms with Gasteiger partial charge in [-0.15, -0.1) is 11.6 Å². The Morgan fingerprint density at radius 1 is 0.719 bits per heavy atom. The fourth-order valence-electron chi connectivity index (χ4n) is 6.03. The molecule has 20 nitrogen and oxygen atoms in total. The van der Waals surface area contributed by atoms with E-state index in [0.29, 0.717) is 5.56 Å². The molecule has 1 rings (SSSR count). The molecule has 0 saturated heterocycles. The molecule has 0 radical (unpaired) electrons. The third kappa shape index (κ3) is 19.6. The molecule has 0 aromatic heterocycles. The molecule has 0 bridgehead atoms. The van der Waals surface area contributed by atoms with Crippen LogP contribution in [0.5, 0.6) is 0 Å². The van der Waals surface area contributed by atoms with E-state index in [0.717, 1.165) is 21.6 Å². The Morgan fingerprint density at radius 2 is 1.16 bits per heavy atom. The summed E-state index contributed by atoms with van der Waals surface area (Å²) in [7, 11) is 5.57. The van der Waals surface area contributed by atoms with Crippen LogP contribution in [0, 0.1) is 17.8 Å². The topological polar surface area (TPSA) is 281 Å². The van der Waals surface area contributed by atoms with E-state index in [2.05, 4.69) is 10.2 Å². The lowest BCUT2D eigenvalue weighted by Crippen LogP contribution is -2.58. The molecule has 0 saturated carbocycles. The average molecular weight is 967 g/mol. The summed E-state index contributed by atoms with van der Waals surface area (Å²) in [6, 6.07) is 3.12. The first-order valence-electron chi connectivity index (χ1n) is 19.9. The summed E-state index contributed by atoms with van der Waals surface area (Å²) >= 11 is 13.0. The Morgan fingerprint density at radius 3 is 1.56 bits per heavy atom. The highest BCUT2D eigenvalue weighted by atomic mass is 35.5. The molecule has 0 aliphatic heterocycles. The normalized spacial score (nSPS) is 14.0. The highest BCUT2D eigenvalue weighted by molar-refractivity contribution is 7.99. The van der Waals surface area contributed by atoms with Gasteiger partial charge in [0.1, 0.15) is 42.8 Å². The van der Waals surface area contributed by atoms with Gasteiger partial charge in [0.2, 0.25) is 23.6 Å². The van der Waals surface area contributed by atoms with Crippen LogP contribution < -0.4 is 16.3 Å². The van der Waals surface area contributed by atoms with Gasteiger partial charge in [0, 0.05) is 51.8 Å². The molecule has 0 heterocycles. The third-order valence-electron chi connectivity index (χ3n) is 9.70. The second kappa shape index (κ2) is 31.3. The van der Waals surface area contributed by atoms with Crippen molar-refractivity contribution in [3.8, 4) is 0 Å². The molecule has 64 heavy (non-hydrogen) atoms. The molecule has 0 aliphatic rings. The van der Waals surface area contributed by atoms with E-state index in [-0.39, 0.29) is 49.3 Å². The van der Waals surface area contributed by atoms with Crippen molar-refractivity contribution in [3.05, 3.63) is 35.9 Å². The van der Waals surface area contributed by atoms with Gasteiger partial charge in [0.05, 0.1) is 18.5 Å². The lowest BCUT2D eigenvalue weighted by Gasteiger charge is -2.37. The minimum Gasteiger partial charge on any atom is -0.481 e. The Bertz CT molecular complexity index is 1720. The van der Waals surface area contributed by atoms with Crippen molar-refractivity contribution in [1.82, 2.24) is 35.9 Å². The summed E-state index contributed by atoms with van der Waals surface area (Å²) in [4.78, 5) is 129. The number of hydrogen-bond donors (Lipinski definition) is 4. The van der Waals surface area contributed by atoms with Crippen LogP contribution in [-0.4, -0.2) is 180 Å². The number of carboxylic acids is 1. The van der Waals surface area contributed by atoms with Gasteiger partial charge >= 0.3 is 24.1 Å². The minimum absolute atomic E-state index is 0. The van der Waals surface area contributed by atoms with E-state index >= 15 is 0 Å². The standard InChI is InChI=1S/C40H62Cl2N6O11S.CO2.H3N/c1-23(2)32(39(56)58-18-17-43-19-31(49)28-15-13-12-14-16-28)47(10)36(52)29(45(8)34(50)26(6)41)21-60-22-30(46(9)35(51)27(7)44-42)37(53)48(11)33(24(3)4)40(57)59-20-25(5)38(54)55;2-1-3;/h12-16,23-27,29-30,32-33,43-44H,17-22H2,1-11H3,(H,54,55);;1H3/t25-,26+,27+,29+,30+,32+,33+;;/m1../s1. The number of carbonyl (C=O) groups excluding carboxylic acids is 9. The highest BCUT2D eigenvalue weighted by Gasteiger charge is 2.40. The Labute approximate surface area is 389 Å². The van der Waals surface area contributed by atoms with E-state index in [1.807, 2.05) is 0 Å². The van der Waals surface area contributed by atoms with Crippen molar-refractivity contribution in [2.45, 2.75) is 84.1 Å². The van der Waals surface area contributed by atoms with Gasteiger partial charge in [-0.3, -0.25) is 28.8 Å². The Hall–Kier alpha value is -4.63. The van der Waals surface area contributed by atoms with Gasteiger partial charge in [-0.2, -0.15) is 21.4 Å². The molecule has 4 amide bonds. The summed E-state index contributed by atoms with van der Waals surface area (Å²) in [5, 5.41) is 11.2. The number of esters is 2. The van der Waals surface area contributed by atoms with E-state index < -0.39 is 101 Å². The number of ether oxygens (including phenoxy) is 2. The number of carboxylic acid groups (broad SMARTS) is 1. The molecular weight excluding hydrogens is 901 g/mol. The van der Waals surface area contributed by atoms with Crippen molar-refractivity contribution in [2.24, 2.45) is 17.8 Å². The monoisotopic (exact) mass is 965 g/mol. The number of Topliss-reactive ketones (excluding diaryl/α,β-unsaturated/α-hetero) is 1. The number of hydrogen-bond acceptors (Lipinski definition) is 16. The van der Waals surface area contributed by atoms with Crippen molar-refractivity contribution in [1.29, 1.82) is 0 Å². The number of amides is 4. The van der Waals surface area contributed by atoms with Gasteiger partial charge in [-0.1, -0.05) is 58.0 Å². The average Bonchev–Trinajstić information content (AvgIpc) is 3.23. The zero-order valence-corrected chi connectivity index (χ0v) is 40.7. The van der Waals surface area contributed by atoms with E-state index in [4.69, 9.17) is 42.4 Å². The molecule has 0 unspecified atom stereocenters. The molecular formula is C41H65Cl2N7O13S. The molecule has 0 aliphatic carbocycles. The highest BCUT2D eigenvalue weighted by Crippen LogP contribution is 2.22. The van der Waals surface area contributed by atoms with Crippen LogP contribution in [0.3, 0.4) is 0 Å². The molecule has 1 aromatic rings. The summed E-state index contributed by atoms with van der Waals surface area (Å²) < 4.78 is 10.8. The number of benzene rings is 1. The van der Waals surface area contributed by atoms with Gasteiger partial charge in [0.15, 0.2) is 5.78 Å². The van der Waals surface area contributed by atoms with Crippen LogP contribution in [0.2, 0.25) is 0 Å². The summed E-state index contributed by atoms with van der Waals surface area (Å²) in [5.74, 6) is -7.41. The number of likely N-dealkylation sites (N-methyl/N-ethyl adjacent to an activating group) is 4. The number of aliphatic carboxylic acids is 1. The van der Waals surface area contributed by atoms with Gasteiger partial charge in [0.25, 0.3) is 0 Å². The van der Waals surface area contributed by atoms with Gasteiger partial charge in [-0.25, -0.2) is 14.4 Å². The first-order chi connectivity index (χ1) is 29.4. The molecule has 0 fully saturated rings. The van der Waals surface area contributed by atoms with Crippen LogP contribution in [0.25, 0.3) is 0 Å². The summed E-state index contributed by atoms with van der Waals surface area (Å²) in [5.41, 5.74) is 0.540. The molecule has 6 N–H and O–H groups in total. The maximum absolute atomic E-state index is 14.3. The largest absolute Gasteiger partial charge is 0.481 e. The number of ketones is 1. The zero-order chi connectivity index (χ0) is 48.7. The number of carbonyl (C=O) groups is 8. The number of nitrogens with zero attached hydrogens (tertiary/aromatic N) is 4. The first-order valence-corrected chi connectivity index (χ1v) is 21.9. The van der Waals surface area contributed by atoms with Crippen molar-refractivity contribution < 1.29 is 62.5 Å². The molecule has 23 heteroatoms. The van der Waals surface area contributed by atoms with Crippen LogP contribution in [0.15, 0.2) is 30.3 Å². The third-order valence-corrected chi connectivity index (χ3v) is 11.3. The maximum atomic E-state index is 14.3. The van der Waals surface area contributed by atoms with Gasteiger partial charge < -0.3 is 45.6 Å². The summed E-state index contributed by atoms with van der Waals surface area (Å²) in [6.07, 6.45) is 0.250. The number of rotatable bonds is 26. The van der Waals surface area contributed by atoms with Crippen molar-refractivity contribution in [2.75, 3.05) is 66.0 Å². The number of halogens is 2. The molecule has 1 aromatic carbocycles. The van der Waals surface area contributed by atoms with Crippen LogP contribution >= 0.6 is 35.1 Å². The first kappa shape index (κ1) is 61.5. The number of thioether (sulfide) groups is 1. The van der Waals surface area contributed by atoms with Crippen molar-refractivity contribution >= 4 is 88.6 Å². The lowest BCUT2D eigenvalue weighted by atomic mass is 10.0. The van der Waals surface area contributed by atoms with E-state index in [1.165, 1.54) is 58.8 Å². The van der Waals surface area contributed by atoms with Crippen LogP contribution in [0.1, 0.15) is 58.8 Å². The SMILES string of the molecule is CC(C)[C@@H](C(=O)OCCNCC(=O)c1ccccc1)N(C)C(=O)[C@H](CSC[C@@H](C(=O)N(C)[C@H](C(=O)OC[C@@H](C)C(=O)O)C(C)C)N(C)C(=O)[C@H](C)NCl)N(C)C(=O)[C@H](C)Cl.N.O=C=O.